The summed E-state index contributed by atoms with van der Waals surface area (Å²) in [6.45, 7) is 2.02. The molecule has 0 radical (unpaired) electrons. The second kappa shape index (κ2) is 6.60. The summed E-state index contributed by atoms with van der Waals surface area (Å²) in [6.07, 6.45) is 4.13. The molecule has 0 bridgehead atoms. The molecule has 0 aliphatic heterocycles. The van der Waals surface area contributed by atoms with Gasteiger partial charge in [-0.25, -0.2) is 14.4 Å². The fourth-order valence-corrected chi connectivity index (χ4v) is 3.52. The number of anilines is 2. The number of H-pyrrole nitrogens is 1. The third-order valence-corrected chi connectivity index (χ3v) is 5.42. The topological polar surface area (TPSA) is 71.4 Å². The molecule has 1 atom stereocenters. The van der Waals surface area contributed by atoms with Gasteiger partial charge in [0.15, 0.2) is 17.3 Å². The summed E-state index contributed by atoms with van der Waals surface area (Å²) in [6, 6.07) is 10.2. The normalized spacial score (nSPS) is 15.1. The Morgan fingerprint density at radius 2 is 2.04 bits per heavy atom. The van der Waals surface area contributed by atoms with E-state index in [1.807, 2.05) is 17.6 Å². The summed E-state index contributed by atoms with van der Waals surface area (Å²) in [7, 11) is 0. The number of aromatic amines is 1. The first-order chi connectivity index (χ1) is 13.6. The molecule has 142 valence electrons. The zero-order valence-electron chi connectivity index (χ0n) is 15.2. The van der Waals surface area contributed by atoms with Crippen LogP contribution in [0.3, 0.4) is 0 Å². The van der Waals surface area contributed by atoms with Gasteiger partial charge in [-0.2, -0.15) is 5.10 Å². The zero-order valence-corrected chi connectivity index (χ0v) is 15.9. The second-order valence-corrected chi connectivity index (χ2v) is 7.56. The molecule has 6 nitrogen and oxygen atoms in total. The van der Waals surface area contributed by atoms with Gasteiger partial charge < -0.3 is 9.88 Å². The molecule has 3 aromatic heterocycles. The Morgan fingerprint density at radius 1 is 1.25 bits per heavy atom. The number of hydrogen-bond acceptors (Lipinski definition) is 4. The van der Waals surface area contributed by atoms with Crippen molar-refractivity contribution in [3.63, 3.8) is 0 Å². The molecule has 4 aromatic rings. The predicted molar refractivity (Wildman–Crippen MR) is 107 cm³/mol. The van der Waals surface area contributed by atoms with Crippen molar-refractivity contribution in [2.24, 2.45) is 0 Å². The van der Waals surface area contributed by atoms with Crippen LogP contribution in [0.4, 0.5) is 16.0 Å². The SMILES string of the molecule is C[C@@H](c1ccc(F)cc1)n1cnc2cc(Cl)c(Nc3cc(C4CC4)[nH]n3)nc21. The van der Waals surface area contributed by atoms with E-state index in [-0.39, 0.29) is 11.9 Å². The standard InChI is InChI=1S/C20H18ClFN6/c1-11(12-4-6-14(22)7-5-12)28-10-23-17-8-15(21)19(25-20(17)28)24-18-9-16(26-27-18)13-2-3-13/h4-11,13H,2-3H2,1H3,(H2,24,25,26,27)/t11-/m0/s1. The lowest BCUT2D eigenvalue weighted by Gasteiger charge is -2.15. The molecule has 3 heterocycles. The number of aromatic nitrogens is 5. The lowest BCUT2D eigenvalue weighted by molar-refractivity contribution is 0.619. The highest BCUT2D eigenvalue weighted by molar-refractivity contribution is 6.33. The maximum Gasteiger partial charge on any atom is 0.162 e. The van der Waals surface area contributed by atoms with Crippen molar-refractivity contribution in [2.75, 3.05) is 5.32 Å². The van der Waals surface area contributed by atoms with Gasteiger partial charge in [0.2, 0.25) is 0 Å². The van der Waals surface area contributed by atoms with E-state index in [1.54, 1.807) is 24.5 Å². The van der Waals surface area contributed by atoms with E-state index in [0.29, 0.717) is 33.7 Å². The highest BCUT2D eigenvalue weighted by atomic mass is 35.5. The Balaban J connectivity index is 1.49. The van der Waals surface area contributed by atoms with Gasteiger partial charge in [0.05, 0.1) is 17.4 Å². The molecule has 1 aliphatic rings. The quantitative estimate of drug-likeness (QED) is 0.487. The number of rotatable bonds is 5. The van der Waals surface area contributed by atoms with Crippen LogP contribution in [-0.2, 0) is 0 Å². The molecule has 1 saturated carbocycles. The molecule has 28 heavy (non-hydrogen) atoms. The summed E-state index contributed by atoms with van der Waals surface area (Å²) >= 11 is 6.40. The molecular formula is C20H18ClFN6. The van der Waals surface area contributed by atoms with E-state index in [9.17, 15) is 4.39 Å². The average Bonchev–Trinajstić information content (AvgIpc) is 3.30. The van der Waals surface area contributed by atoms with Crippen molar-refractivity contribution >= 4 is 34.4 Å². The lowest BCUT2D eigenvalue weighted by Crippen LogP contribution is -2.07. The number of hydrogen-bond donors (Lipinski definition) is 2. The van der Waals surface area contributed by atoms with Crippen LogP contribution in [0, 0.1) is 5.82 Å². The first-order valence-corrected chi connectivity index (χ1v) is 9.57. The van der Waals surface area contributed by atoms with E-state index in [4.69, 9.17) is 16.6 Å². The van der Waals surface area contributed by atoms with Crippen molar-refractivity contribution in [2.45, 2.75) is 31.7 Å². The Morgan fingerprint density at radius 3 is 2.79 bits per heavy atom. The van der Waals surface area contributed by atoms with E-state index >= 15 is 0 Å². The minimum absolute atomic E-state index is 0.0565. The monoisotopic (exact) mass is 396 g/mol. The van der Waals surface area contributed by atoms with Crippen molar-refractivity contribution < 1.29 is 4.39 Å². The number of pyridine rings is 1. The maximum atomic E-state index is 13.2. The summed E-state index contributed by atoms with van der Waals surface area (Å²) in [5.74, 6) is 1.55. The fraction of sp³-hybridized carbons (Fsp3) is 0.250. The van der Waals surface area contributed by atoms with Gasteiger partial charge in [-0.3, -0.25) is 5.10 Å². The van der Waals surface area contributed by atoms with Crippen molar-refractivity contribution in [1.29, 1.82) is 0 Å². The first-order valence-electron chi connectivity index (χ1n) is 9.19. The molecule has 1 aromatic carbocycles. The van der Waals surface area contributed by atoms with Gasteiger partial charge in [-0.1, -0.05) is 23.7 Å². The second-order valence-electron chi connectivity index (χ2n) is 7.15. The van der Waals surface area contributed by atoms with Gasteiger partial charge >= 0.3 is 0 Å². The number of fused-ring (bicyclic) bond motifs is 1. The number of nitrogens with one attached hydrogen (secondary N) is 2. The van der Waals surface area contributed by atoms with E-state index in [1.165, 1.54) is 25.0 Å². The van der Waals surface area contributed by atoms with Crippen LogP contribution in [0.5, 0.6) is 0 Å². The number of benzene rings is 1. The molecule has 0 spiro atoms. The van der Waals surface area contributed by atoms with Crippen LogP contribution < -0.4 is 5.32 Å². The summed E-state index contributed by atoms with van der Waals surface area (Å²) in [5.41, 5.74) is 3.50. The fourth-order valence-electron chi connectivity index (χ4n) is 3.33. The van der Waals surface area contributed by atoms with Gasteiger partial charge in [0.25, 0.3) is 0 Å². The van der Waals surface area contributed by atoms with E-state index < -0.39 is 0 Å². The Hall–Kier alpha value is -2.93. The molecule has 0 saturated heterocycles. The zero-order chi connectivity index (χ0) is 19.3. The van der Waals surface area contributed by atoms with Gasteiger partial charge in [-0.15, -0.1) is 0 Å². The smallest absolute Gasteiger partial charge is 0.162 e. The molecular weight excluding hydrogens is 379 g/mol. The maximum absolute atomic E-state index is 13.2. The molecule has 2 N–H and O–H groups in total. The summed E-state index contributed by atoms with van der Waals surface area (Å²) in [5, 5.41) is 11.0. The highest BCUT2D eigenvalue weighted by Crippen LogP contribution is 2.40. The average molecular weight is 397 g/mol. The van der Waals surface area contributed by atoms with Crippen molar-refractivity contribution in [1.82, 2.24) is 24.7 Å². The summed E-state index contributed by atoms with van der Waals surface area (Å²) < 4.78 is 15.2. The van der Waals surface area contributed by atoms with Crippen LogP contribution in [0.2, 0.25) is 5.02 Å². The Labute approximate surface area is 165 Å². The van der Waals surface area contributed by atoms with Crippen LogP contribution in [0.15, 0.2) is 42.7 Å². The summed E-state index contributed by atoms with van der Waals surface area (Å²) in [4.78, 5) is 9.11. The minimum Gasteiger partial charge on any atom is -0.322 e. The van der Waals surface area contributed by atoms with Crippen molar-refractivity contribution in [3.05, 3.63) is 64.8 Å². The Kier molecular flexibility index (Phi) is 4.05. The molecule has 0 unspecified atom stereocenters. The van der Waals surface area contributed by atoms with Gasteiger partial charge in [0, 0.05) is 17.7 Å². The Bertz CT molecular complexity index is 1150. The lowest BCUT2D eigenvalue weighted by atomic mass is 10.1. The molecule has 0 amide bonds. The minimum atomic E-state index is -0.257. The predicted octanol–water partition coefficient (Wildman–Crippen LogP) is 5.18. The highest BCUT2D eigenvalue weighted by Gasteiger charge is 2.25. The molecule has 1 fully saturated rings. The van der Waals surface area contributed by atoms with E-state index in [0.717, 1.165) is 11.3 Å². The van der Waals surface area contributed by atoms with Crippen LogP contribution >= 0.6 is 11.6 Å². The third kappa shape index (κ3) is 3.11. The van der Waals surface area contributed by atoms with Gasteiger partial charge in [-0.05, 0) is 43.5 Å². The van der Waals surface area contributed by atoms with Crippen LogP contribution in [0.25, 0.3) is 11.2 Å². The number of imidazole rings is 1. The molecule has 5 rings (SSSR count). The molecule has 8 heteroatoms. The largest absolute Gasteiger partial charge is 0.322 e. The number of halogens is 2. The number of nitrogens with zero attached hydrogens (tertiary/aromatic N) is 4. The van der Waals surface area contributed by atoms with E-state index in [2.05, 4.69) is 20.5 Å². The van der Waals surface area contributed by atoms with Crippen LogP contribution in [0.1, 0.15) is 43.0 Å². The van der Waals surface area contributed by atoms with Gasteiger partial charge in [0.1, 0.15) is 11.3 Å². The van der Waals surface area contributed by atoms with Crippen LogP contribution in [-0.4, -0.2) is 24.7 Å². The third-order valence-electron chi connectivity index (χ3n) is 5.13. The first kappa shape index (κ1) is 17.2. The molecule has 1 aliphatic carbocycles. The van der Waals surface area contributed by atoms with Crippen molar-refractivity contribution in [3.8, 4) is 0 Å².